The van der Waals surface area contributed by atoms with Crippen LogP contribution in [0.5, 0.6) is 5.75 Å². The van der Waals surface area contributed by atoms with Crippen LogP contribution in [0.25, 0.3) is 0 Å². The third-order valence-electron chi connectivity index (χ3n) is 2.88. The molecule has 2 nitrogen and oxygen atoms in total. The maximum Gasteiger partial charge on any atom is 0.122 e. The van der Waals surface area contributed by atoms with Crippen molar-refractivity contribution in [1.82, 2.24) is 0 Å². The second-order valence-corrected chi connectivity index (χ2v) is 6.23. The van der Waals surface area contributed by atoms with Crippen molar-refractivity contribution in [2.45, 2.75) is 17.6 Å². The van der Waals surface area contributed by atoms with Gasteiger partial charge in [-0.3, -0.25) is 0 Å². The van der Waals surface area contributed by atoms with Gasteiger partial charge in [-0.15, -0.1) is 11.8 Å². The van der Waals surface area contributed by atoms with E-state index in [1.807, 2.05) is 25.1 Å². The number of nitrogens with two attached hydrogens (primary N) is 1. The first-order chi connectivity index (χ1) is 9.10. The van der Waals surface area contributed by atoms with Crippen molar-refractivity contribution in [3.8, 4) is 5.75 Å². The summed E-state index contributed by atoms with van der Waals surface area (Å²) >= 11 is 5.27. The lowest BCUT2D eigenvalue weighted by atomic mass is 10.2. The normalized spacial score (nSPS) is 10.5. The molecule has 0 spiro atoms. The topological polar surface area (TPSA) is 35.2 Å². The molecule has 0 aliphatic heterocycles. The van der Waals surface area contributed by atoms with Crippen LogP contribution < -0.4 is 10.5 Å². The predicted molar refractivity (Wildman–Crippen MR) is 85.8 cm³/mol. The zero-order valence-corrected chi connectivity index (χ0v) is 13.3. The van der Waals surface area contributed by atoms with Gasteiger partial charge < -0.3 is 10.5 Å². The van der Waals surface area contributed by atoms with Gasteiger partial charge in [0, 0.05) is 26.4 Å². The van der Waals surface area contributed by atoms with E-state index in [0.29, 0.717) is 0 Å². The van der Waals surface area contributed by atoms with Crippen LogP contribution in [0.4, 0.5) is 5.69 Å². The average molecular weight is 338 g/mol. The van der Waals surface area contributed by atoms with Gasteiger partial charge in [-0.1, -0.05) is 15.9 Å². The summed E-state index contributed by atoms with van der Waals surface area (Å²) in [7, 11) is 1.70. The molecule has 0 fully saturated rings. The van der Waals surface area contributed by atoms with Crippen LogP contribution in [-0.4, -0.2) is 7.11 Å². The summed E-state index contributed by atoms with van der Waals surface area (Å²) in [5, 5.41) is 0. The number of halogens is 1. The number of hydrogen-bond acceptors (Lipinski definition) is 3. The number of hydrogen-bond donors (Lipinski definition) is 1. The lowest BCUT2D eigenvalue weighted by molar-refractivity contribution is 0.411. The van der Waals surface area contributed by atoms with Crippen LogP contribution >= 0.6 is 27.7 Å². The molecular formula is C15H16BrNOS. The highest BCUT2D eigenvalue weighted by Gasteiger charge is 2.05. The molecule has 0 aliphatic carbocycles. The van der Waals surface area contributed by atoms with Gasteiger partial charge in [-0.2, -0.15) is 0 Å². The molecule has 0 aliphatic rings. The van der Waals surface area contributed by atoms with E-state index in [2.05, 4.69) is 34.1 Å². The molecule has 4 heteroatoms. The Hall–Kier alpha value is -1.13. The van der Waals surface area contributed by atoms with E-state index in [1.165, 1.54) is 10.5 Å². The highest BCUT2D eigenvalue weighted by atomic mass is 79.9. The lowest BCUT2D eigenvalue weighted by Gasteiger charge is -2.09. The van der Waals surface area contributed by atoms with E-state index < -0.39 is 0 Å². The van der Waals surface area contributed by atoms with Crippen molar-refractivity contribution < 1.29 is 4.74 Å². The summed E-state index contributed by atoms with van der Waals surface area (Å²) in [4.78, 5) is 1.22. The Morgan fingerprint density at radius 2 is 2.00 bits per heavy atom. The Balaban J connectivity index is 2.13. The van der Waals surface area contributed by atoms with Gasteiger partial charge in [0.1, 0.15) is 5.75 Å². The SMILES string of the molecule is COc1ccc(Br)cc1CSc1ccc(N)c(C)c1. The number of methoxy groups -OCH3 is 1. The molecule has 0 aromatic heterocycles. The van der Waals surface area contributed by atoms with Crippen LogP contribution in [0.2, 0.25) is 0 Å². The fourth-order valence-corrected chi connectivity index (χ4v) is 3.14. The minimum atomic E-state index is 0.837. The summed E-state index contributed by atoms with van der Waals surface area (Å²) in [6.45, 7) is 2.03. The maximum atomic E-state index is 5.83. The van der Waals surface area contributed by atoms with Crippen LogP contribution in [0.3, 0.4) is 0 Å². The standard InChI is InChI=1S/C15H16BrNOS/c1-10-7-13(4-5-14(10)17)19-9-11-8-12(16)3-6-15(11)18-2/h3-8H,9,17H2,1-2H3. The van der Waals surface area contributed by atoms with E-state index in [0.717, 1.165) is 27.2 Å². The summed E-state index contributed by atoms with van der Waals surface area (Å²) < 4.78 is 6.44. The van der Waals surface area contributed by atoms with Crippen molar-refractivity contribution in [2.75, 3.05) is 12.8 Å². The Morgan fingerprint density at radius 1 is 1.21 bits per heavy atom. The van der Waals surface area contributed by atoms with Crippen LogP contribution in [-0.2, 0) is 5.75 Å². The number of ether oxygens (including phenoxy) is 1. The third-order valence-corrected chi connectivity index (χ3v) is 4.41. The number of nitrogen functional groups attached to an aromatic ring is 1. The Labute approximate surface area is 126 Å². The molecule has 0 atom stereocenters. The zero-order chi connectivity index (χ0) is 13.8. The third kappa shape index (κ3) is 3.67. The van der Waals surface area contributed by atoms with Gasteiger partial charge in [0.2, 0.25) is 0 Å². The molecular weight excluding hydrogens is 322 g/mol. The highest BCUT2D eigenvalue weighted by Crippen LogP contribution is 2.31. The number of aryl methyl sites for hydroxylation is 1. The molecule has 0 saturated carbocycles. The predicted octanol–water partition coefficient (Wildman–Crippen LogP) is 4.64. The molecule has 0 bridgehead atoms. The first-order valence-electron chi connectivity index (χ1n) is 5.91. The molecule has 0 unspecified atom stereocenters. The minimum Gasteiger partial charge on any atom is -0.496 e. The molecule has 100 valence electrons. The van der Waals surface area contributed by atoms with Crippen LogP contribution in [0.15, 0.2) is 45.8 Å². The van der Waals surface area contributed by atoms with Gasteiger partial charge in [0.25, 0.3) is 0 Å². The molecule has 0 heterocycles. The smallest absolute Gasteiger partial charge is 0.122 e. The number of rotatable bonds is 4. The summed E-state index contributed by atoms with van der Waals surface area (Å²) in [6, 6.07) is 12.2. The quantitative estimate of drug-likeness (QED) is 0.651. The van der Waals surface area contributed by atoms with Crippen molar-refractivity contribution in [1.29, 1.82) is 0 Å². The Kier molecular flexibility index (Phi) is 4.77. The lowest BCUT2D eigenvalue weighted by Crippen LogP contribution is -1.91. The fraction of sp³-hybridized carbons (Fsp3) is 0.200. The monoisotopic (exact) mass is 337 g/mol. The zero-order valence-electron chi connectivity index (χ0n) is 10.9. The van der Waals surface area contributed by atoms with Gasteiger partial charge in [-0.25, -0.2) is 0 Å². The van der Waals surface area contributed by atoms with E-state index in [9.17, 15) is 0 Å². The number of benzene rings is 2. The van der Waals surface area contributed by atoms with Crippen molar-refractivity contribution >= 4 is 33.4 Å². The van der Waals surface area contributed by atoms with E-state index in [1.54, 1.807) is 18.9 Å². The first kappa shape index (κ1) is 14.3. The van der Waals surface area contributed by atoms with Gasteiger partial charge in [-0.05, 0) is 48.9 Å². The van der Waals surface area contributed by atoms with Crippen molar-refractivity contribution in [3.05, 3.63) is 52.0 Å². The van der Waals surface area contributed by atoms with Crippen LogP contribution in [0.1, 0.15) is 11.1 Å². The molecule has 0 radical (unpaired) electrons. The largest absolute Gasteiger partial charge is 0.496 e. The number of thioether (sulfide) groups is 1. The molecule has 2 N–H and O–H groups in total. The number of anilines is 1. The molecule has 19 heavy (non-hydrogen) atoms. The molecule has 0 saturated heterocycles. The van der Waals surface area contributed by atoms with E-state index in [4.69, 9.17) is 10.5 Å². The summed E-state index contributed by atoms with van der Waals surface area (Å²) in [5.74, 6) is 1.79. The van der Waals surface area contributed by atoms with E-state index in [-0.39, 0.29) is 0 Å². The molecule has 0 amide bonds. The molecule has 2 rings (SSSR count). The van der Waals surface area contributed by atoms with E-state index >= 15 is 0 Å². The van der Waals surface area contributed by atoms with Gasteiger partial charge in [0.15, 0.2) is 0 Å². The summed E-state index contributed by atoms with van der Waals surface area (Å²) in [5.41, 5.74) is 8.96. The Morgan fingerprint density at radius 3 is 2.68 bits per heavy atom. The minimum absolute atomic E-state index is 0.837. The molecule has 2 aromatic carbocycles. The first-order valence-corrected chi connectivity index (χ1v) is 7.69. The second kappa shape index (κ2) is 6.35. The Bertz CT molecular complexity index is 586. The fourth-order valence-electron chi connectivity index (χ4n) is 1.76. The van der Waals surface area contributed by atoms with Gasteiger partial charge in [0.05, 0.1) is 7.11 Å². The second-order valence-electron chi connectivity index (χ2n) is 4.26. The molecule has 2 aromatic rings. The van der Waals surface area contributed by atoms with Crippen molar-refractivity contribution in [3.63, 3.8) is 0 Å². The average Bonchev–Trinajstić information content (AvgIpc) is 2.40. The highest BCUT2D eigenvalue weighted by molar-refractivity contribution is 9.10. The maximum absolute atomic E-state index is 5.83. The van der Waals surface area contributed by atoms with Crippen molar-refractivity contribution in [2.24, 2.45) is 0 Å². The summed E-state index contributed by atoms with van der Waals surface area (Å²) in [6.07, 6.45) is 0. The van der Waals surface area contributed by atoms with Gasteiger partial charge >= 0.3 is 0 Å². The van der Waals surface area contributed by atoms with Crippen LogP contribution in [0, 0.1) is 6.92 Å².